The molecule has 0 unspecified atom stereocenters. The zero-order chi connectivity index (χ0) is 19.6. The first-order chi connectivity index (χ1) is 13.0. The van der Waals surface area contributed by atoms with E-state index in [1.807, 2.05) is 0 Å². The molecule has 0 heterocycles. The van der Waals surface area contributed by atoms with E-state index in [1.165, 1.54) is 31.4 Å². The van der Waals surface area contributed by atoms with Crippen molar-refractivity contribution in [2.75, 3.05) is 13.7 Å². The highest BCUT2D eigenvalue weighted by molar-refractivity contribution is 6.15. The van der Waals surface area contributed by atoms with Crippen LogP contribution in [0.2, 0.25) is 0 Å². The van der Waals surface area contributed by atoms with Gasteiger partial charge in [-0.1, -0.05) is 24.6 Å². The summed E-state index contributed by atoms with van der Waals surface area (Å²) in [6.07, 6.45) is 2.56. The van der Waals surface area contributed by atoms with Crippen molar-refractivity contribution in [1.82, 2.24) is 5.32 Å². The molecule has 0 aliphatic carbocycles. The average Bonchev–Trinajstić information content (AvgIpc) is 2.70. The largest absolute Gasteiger partial charge is 0.469 e. The Hall–Kier alpha value is -3.02. The first-order valence-electron chi connectivity index (χ1n) is 8.77. The summed E-state index contributed by atoms with van der Waals surface area (Å²) < 4.78 is 17.6. The molecule has 2 aromatic carbocycles. The van der Waals surface area contributed by atoms with Crippen LogP contribution in [0.3, 0.4) is 0 Å². The highest BCUT2D eigenvalue weighted by atomic mass is 19.1. The fraction of sp³-hybridized carbons (Fsp3) is 0.286. The molecule has 27 heavy (non-hydrogen) atoms. The molecular weight excluding hydrogens is 349 g/mol. The maximum atomic E-state index is 13.1. The smallest absolute Gasteiger partial charge is 0.305 e. The van der Waals surface area contributed by atoms with E-state index in [0.29, 0.717) is 24.9 Å². The van der Waals surface area contributed by atoms with Gasteiger partial charge in [0.05, 0.1) is 12.7 Å². The van der Waals surface area contributed by atoms with Gasteiger partial charge in [0.1, 0.15) is 5.82 Å². The van der Waals surface area contributed by atoms with E-state index in [0.717, 1.165) is 12.8 Å². The number of hydrogen-bond donors (Lipinski definition) is 1. The summed E-state index contributed by atoms with van der Waals surface area (Å²) in [6.45, 7) is 0.444. The standard InChI is InChI=1S/C21H22FNO4/c1-27-19(24)9-3-2-6-14-23-21(26)18-8-5-4-7-17(18)20(25)15-10-12-16(22)13-11-15/h4-5,7-8,10-13H,2-3,6,9,14H2,1H3,(H,23,26). The van der Waals surface area contributed by atoms with E-state index in [2.05, 4.69) is 10.1 Å². The molecule has 1 amide bonds. The number of methoxy groups -OCH3 is 1. The van der Waals surface area contributed by atoms with Gasteiger partial charge in [-0.05, 0) is 43.2 Å². The van der Waals surface area contributed by atoms with Gasteiger partial charge in [0.15, 0.2) is 5.78 Å². The number of esters is 1. The van der Waals surface area contributed by atoms with Crippen LogP contribution in [-0.2, 0) is 9.53 Å². The second kappa shape index (κ2) is 10.2. The molecule has 1 N–H and O–H groups in total. The quantitative estimate of drug-likeness (QED) is 0.416. The van der Waals surface area contributed by atoms with Crippen LogP contribution in [0.25, 0.3) is 0 Å². The SMILES string of the molecule is COC(=O)CCCCCNC(=O)c1ccccc1C(=O)c1ccc(F)cc1. The van der Waals surface area contributed by atoms with Crippen LogP contribution in [0.15, 0.2) is 48.5 Å². The highest BCUT2D eigenvalue weighted by Crippen LogP contribution is 2.15. The third-order valence-electron chi connectivity index (χ3n) is 4.09. The van der Waals surface area contributed by atoms with Crippen LogP contribution in [0.5, 0.6) is 0 Å². The lowest BCUT2D eigenvalue weighted by Crippen LogP contribution is -2.26. The van der Waals surface area contributed by atoms with Crippen molar-refractivity contribution in [3.05, 3.63) is 71.0 Å². The summed E-state index contributed by atoms with van der Waals surface area (Å²) in [6, 6.07) is 11.8. The highest BCUT2D eigenvalue weighted by Gasteiger charge is 2.17. The zero-order valence-electron chi connectivity index (χ0n) is 15.2. The number of ether oxygens (including phenoxy) is 1. The van der Waals surface area contributed by atoms with Gasteiger partial charge in [-0.2, -0.15) is 0 Å². The first kappa shape index (κ1) is 20.3. The van der Waals surface area contributed by atoms with Gasteiger partial charge in [-0.15, -0.1) is 0 Å². The second-order valence-electron chi connectivity index (χ2n) is 6.02. The Morgan fingerprint density at radius 2 is 1.59 bits per heavy atom. The van der Waals surface area contributed by atoms with Crippen molar-refractivity contribution in [2.24, 2.45) is 0 Å². The van der Waals surface area contributed by atoms with Crippen molar-refractivity contribution in [2.45, 2.75) is 25.7 Å². The van der Waals surface area contributed by atoms with Crippen LogP contribution in [0.4, 0.5) is 4.39 Å². The lowest BCUT2D eigenvalue weighted by Gasteiger charge is -2.10. The van der Waals surface area contributed by atoms with E-state index in [1.54, 1.807) is 24.3 Å². The number of unbranched alkanes of at least 4 members (excludes halogenated alkanes) is 2. The minimum Gasteiger partial charge on any atom is -0.469 e. The third kappa shape index (κ3) is 6.02. The fourth-order valence-corrected chi connectivity index (χ4v) is 2.61. The number of benzene rings is 2. The van der Waals surface area contributed by atoms with Crippen LogP contribution < -0.4 is 5.32 Å². The zero-order valence-corrected chi connectivity index (χ0v) is 15.2. The number of rotatable bonds is 9. The molecule has 0 saturated heterocycles. The molecule has 0 aliphatic heterocycles. The van der Waals surface area contributed by atoms with Gasteiger partial charge >= 0.3 is 5.97 Å². The Bertz CT molecular complexity index is 802. The second-order valence-corrected chi connectivity index (χ2v) is 6.02. The molecular formula is C21H22FNO4. The van der Waals surface area contributed by atoms with Crippen molar-refractivity contribution in [3.63, 3.8) is 0 Å². The number of nitrogens with one attached hydrogen (secondary N) is 1. The summed E-state index contributed by atoms with van der Waals surface area (Å²) in [5.74, 6) is -1.34. The van der Waals surface area contributed by atoms with E-state index in [4.69, 9.17) is 0 Å². The number of ketones is 1. The molecule has 6 heteroatoms. The van der Waals surface area contributed by atoms with Gasteiger partial charge in [0, 0.05) is 24.1 Å². The molecule has 2 aromatic rings. The van der Waals surface area contributed by atoms with Gasteiger partial charge in [0.25, 0.3) is 5.91 Å². The van der Waals surface area contributed by atoms with Gasteiger partial charge in [-0.3, -0.25) is 14.4 Å². The van der Waals surface area contributed by atoms with Gasteiger partial charge in [0.2, 0.25) is 0 Å². The molecule has 0 spiro atoms. The lowest BCUT2D eigenvalue weighted by molar-refractivity contribution is -0.140. The summed E-state index contributed by atoms with van der Waals surface area (Å²) >= 11 is 0. The molecule has 0 saturated carbocycles. The topological polar surface area (TPSA) is 72.5 Å². The van der Waals surface area contributed by atoms with Crippen molar-refractivity contribution in [1.29, 1.82) is 0 Å². The summed E-state index contributed by atoms with van der Waals surface area (Å²) in [7, 11) is 1.35. The van der Waals surface area contributed by atoms with Crippen LogP contribution in [-0.4, -0.2) is 31.3 Å². The first-order valence-corrected chi connectivity index (χ1v) is 8.77. The maximum absolute atomic E-state index is 13.1. The minimum absolute atomic E-state index is 0.243. The predicted octanol–water partition coefficient (Wildman–Crippen LogP) is 3.52. The molecule has 0 radical (unpaired) electrons. The van der Waals surface area contributed by atoms with E-state index >= 15 is 0 Å². The molecule has 0 aliphatic rings. The summed E-state index contributed by atoms with van der Waals surface area (Å²) in [4.78, 5) is 36.1. The summed E-state index contributed by atoms with van der Waals surface area (Å²) in [5, 5.41) is 2.79. The molecule has 2 rings (SSSR count). The van der Waals surface area contributed by atoms with Crippen LogP contribution in [0, 0.1) is 5.82 Å². The third-order valence-corrected chi connectivity index (χ3v) is 4.09. The van der Waals surface area contributed by atoms with Crippen molar-refractivity contribution < 1.29 is 23.5 Å². The Kier molecular flexibility index (Phi) is 7.67. The molecule has 0 fully saturated rings. The average molecular weight is 371 g/mol. The number of carbonyl (C=O) groups is 3. The minimum atomic E-state index is -0.426. The fourth-order valence-electron chi connectivity index (χ4n) is 2.61. The van der Waals surface area contributed by atoms with Crippen molar-refractivity contribution >= 4 is 17.7 Å². The predicted molar refractivity (Wildman–Crippen MR) is 99.1 cm³/mol. The van der Waals surface area contributed by atoms with Crippen LogP contribution in [0.1, 0.15) is 52.0 Å². The summed E-state index contributed by atoms with van der Waals surface area (Å²) in [5.41, 5.74) is 0.869. The molecule has 0 aromatic heterocycles. The van der Waals surface area contributed by atoms with Gasteiger partial charge in [-0.25, -0.2) is 4.39 Å². The molecule has 0 bridgehead atoms. The monoisotopic (exact) mass is 371 g/mol. The van der Waals surface area contributed by atoms with Crippen LogP contribution >= 0.6 is 0 Å². The Morgan fingerprint density at radius 1 is 0.926 bits per heavy atom. The molecule has 142 valence electrons. The number of hydrogen-bond acceptors (Lipinski definition) is 4. The Balaban J connectivity index is 1.94. The normalized spacial score (nSPS) is 10.3. The van der Waals surface area contributed by atoms with Crippen molar-refractivity contribution in [3.8, 4) is 0 Å². The van der Waals surface area contributed by atoms with E-state index in [-0.39, 0.29) is 28.8 Å². The molecule has 5 nitrogen and oxygen atoms in total. The van der Waals surface area contributed by atoms with E-state index in [9.17, 15) is 18.8 Å². The number of amides is 1. The Labute approximate surface area is 157 Å². The Morgan fingerprint density at radius 3 is 2.26 bits per heavy atom. The lowest BCUT2D eigenvalue weighted by atomic mass is 9.98. The maximum Gasteiger partial charge on any atom is 0.305 e. The number of halogens is 1. The number of carbonyl (C=O) groups excluding carboxylic acids is 3. The van der Waals surface area contributed by atoms with E-state index < -0.39 is 5.82 Å². The molecule has 0 atom stereocenters. The van der Waals surface area contributed by atoms with Gasteiger partial charge < -0.3 is 10.1 Å².